The van der Waals surface area contributed by atoms with Crippen LogP contribution in [0.4, 0.5) is 0 Å². The first-order valence-electron chi connectivity index (χ1n) is 8.57. The lowest BCUT2D eigenvalue weighted by atomic mass is 10.0. The Bertz CT molecular complexity index is 1250. The molecule has 4 aromatic rings. The van der Waals surface area contributed by atoms with E-state index in [1.54, 1.807) is 42.6 Å². The number of halogens is 2. The quantitative estimate of drug-likeness (QED) is 0.319. The Labute approximate surface area is 174 Å². The Morgan fingerprint density at radius 2 is 1.75 bits per heavy atom. The molecule has 0 unspecified atom stereocenters. The second-order valence-corrected chi connectivity index (χ2v) is 7.55. The van der Waals surface area contributed by atoms with Crippen LogP contribution >= 0.6 is 27.5 Å². The molecular weight excluding hydrogens is 440 g/mol. The van der Waals surface area contributed by atoms with Gasteiger partial charge in [-0.1, -0.05) is 29.8 Å². The maximum Gasteiger partial charge on any atom is 0.200 e. The largest absolute Gasteiger partial charge is 0.340 e. The molecular formula is C22H14BrClN2O2. The van der Waals surface area contributed by atoms with E-state index < -0.39 is 0 Å². The third-order valence-electron chi connectivity index (χ3n) is 4.44. The minimum atomic E-state index is -0.330. The van der Waals surface area contributed by atoms with Gasteiger partial charge < -0.3 is 4.57 Å². The number of ketones is 1. The third-order valence-corrected chi connectivity index (χ3v) is 5.14. The van der Waals surface area contributed by atoms with Gasteiger partial charge >= 0.3 is 0 Å². The van der Waals surface area contributed by atoms with Gasteiger partial charge in [0.2, 0.25) is 5.43 Å². The zero-order chi connectivity index (χ0) is 19.7. The van der Waals surface area contributed by atoms with Gasteiger partial charge in [-0.05, 0) is 64.5 Å². The average molecular weight is 454 g/mol. The van der Waals surface area contributed by atoms with Crippen molar-refractivity contribution in [2.45, 2.75) is 6.54 Å². The van der Waals surface area contributed by atoms with E-state index in [0.29, 0.717) is 22.5 Å². The minimum Gasteiger partial charge on any atom is -0.340 e. The van der Waals surface area contributed by atoms with Gasteiger partial charge in [0.25, 0.3) is 0 Å². The fourth-order valence-electron chi connectivity index (χ4n) is 3.11. The summed E-state index contributed by atoms with van der Waals surface area (Å²) in [5.74, 6) is -0.330. The predicted molar refractivity (Wildman–Crippen MR) is 114 cm³/mol. The summed E-state index contributed by atoms with van der Waals surface area (Å²) in [4.78, 5) is 30.4. The Balaban J connectivity index is 1.87. The van der Waals surface area contributed by atoms with Crippen molar-refractivity contribution in [3.63, 3.8) is 0 Å². The first kappa shape index (κ1) is 18.6. The molecule has 0 spiro atoms. The van der Waals surface area contributed by atoms with Crippen LogP contribution in [0.3, 0.4) is 0 Å². The molecule has 0 aliphatic heterocycles. The van der Waals surface area contributed by atoms with Gasteiger partial charge in [-0.3, -0.25) is 9.59 Å². The van der Waals surface area contributed by atoms with Crippen molar-refractivity contribution in [2.24, 2.45) is 0 Å². The van der Waals surface area contributed by atoms with Crippen LogP contribution in [0.1, 0.15) is 21.6 Å². The van der Waals surface area contributed by atoms with E-state index in [9.17, 15) is 9.59 Å². The first-order chi connectivity index (χ1) is 13.5. The molecule has 0 saturated carbocycles. The zero-order valence-corrected chi connectivity index (χ0v) is 16.9. The molecule has 0 aliphatic rings. The number of nitrogens with zero attached hydrogens (tertiary/aromatic N) is 2. The van der Waals surface area contributed by atoms with Crippen LogP contribution in [-0.2, 0) is 6.54 Å². The fraction of sp³-hybridized carbons (Fsp3) is 0.0455. The third kappa shape index (κ3) is 3.63. The number of carbonyl (C=O) groups excluding carboxylic acids is 1. The molecule has 4 nitrogen and oxygen atoms in total. The summed E-state index contributed by atoms with van der Waals surface area (Å²) in [5, 5.41) is 1.03. The van der Waals surface area contributed by atoms with Crippen molar-refractivity contribution in [1.29, 1.82) is 0 Å². The van der Waals surface area contributed by atoms with E-state index in [0.717, 1.165) is 15.8 Å². The molecule has 0 atom stereocenters. The van der Waals surface area contributed by atoms with Gasteiger partial charge in [0.1, 0.15) is 4.60 Å². The van der Waals surface area contributed by atoms with Gasteiger partial charge in [0.15, 0.2) is 5.78 Å². The second kappa shape index (κ2) is 7.70. The van der Waals surface area contributed by atoms with Gasteiger partial charge in [-0.15, -0.1) is 0 Å². The monoisotopic (exact) mass is 452 g/mol. The summed E-state index contributed by atoms with van der Waals surface area (Å²) < 4.78 is 2.61. The van der Waals surface area contributed by atoms with Gasteiger partial charge in [-0.25, -0.2) is 4.98 Å². The summed E-state index contributed by atoms with van der Waals surface area (Å²) in [6, 6.07) is 19.4. The Morgan fingerprint density at radius 3 is 2.50 bits per heavy atom. The van der Waals surface area contributed by atoms with Gasteiger partial charge in [-0.2, -0.15) is 0 Å². The predicted octanol–water partition coefficient (Wildman–Crippen LogP) is 5.09. The molecule has 0 fully saturated rings. The molecule has 4 rings (SSSR count). The molecule has 0 N–H and O–H groups in total. The average Bonchev–Trinajstić information content (AvgIpc) is 2.70. The highest BCUT2D eigenvalue weighted by Crippen LogP contribution is 2.17. The number of pyridine rings is 2. The Kier molecular flexibility index (Phi) is 5.11. The van der Waals surface area contributed by atoms with Crippen LogP contribution in [0, 0.1) is 0 Å². The number of hydrogen-bond donors (Lipinski definition) is 0. The molecule has 0 amide bonds. The Morgan fingerprint density at radius 1 is 1.00 bits per heavy atom. The minimum absolute atomic E-state index is 0.121. The molecule has 2 aromatic heterocycles. The zero-order valence-electron chi connectivity index (χ0n) is 14.6. The van der Waals surface area contributed by atoms with Crippen LogP contribution in [0.2, 0.25) is 5.02 Å². The highest BCUT2D eigenvalue weighted by Gasteiger charge is 2.17. The van der Waals surface area contributed by atoms with E-state index >= 15 is 0 Å². The van der Waals surface area contributed by atoms with Crippen molar-refractivity contribution in [3.05, 3.63) is 110 Å². The Hall–Kier alpha value is -2.76. The summed E-state index contributed by atoms with van der Waals surface area (Å²) in [5.41, 5.74) is 1.82. The highest BCUT2D eigenvalue weighted by molar-refractivity contribution is 9.10. The lowest BCUT2D eigenvalue weighted by molar-refractivity contribution is 0.103. The van der Waals surface area contributed by atoms with E-state index in [-0.39, 0.29) is 16.8 Å². The standard InChI is InChI=1S/C22H14BrClN2O2/c23-20-7-3-4-16(25-20)12-26-13-18(21(27)14-8-10-15(24)11-9-14)22(28)17-5-1-2-6-19(17)26/h1-11,13H,12H2. The van der Waals surface area contributed by atoms with E-state index in [1.807, 2.05) is 34.9 Å². The number of para-hydroxylation sites is 1. The van der Waals surface area contributed by atoms with Crippen molar-refractivity contribution in [2.75, 3.05) is 0 Å². The maximum absolute atomic E-state index is 13.0. The lowest BCUT2D eigenvalue weighted by Crippen LogP contribution is -2.20. The summed E-state index contributed by atoms with van der Waals surface area (Å²) in [6.45, 7) is 0.432. The van der Waals surface area contributed by atoms with E-state index in [1.165, 1.54) is 0 Å². The SMILES string of the molecule is O=C(c1ccc(Cl)cc1)c1cn(Cc2cccc(Br)n2)c2ccccc2c1=O. The molecule has 0 radical (unpaired) electrons. The molecule has 0 aliphatic carbocycles. The normalized spacial score (nSPS) is 10.9. The lowest BCUT2D eigenvalue weighted by Gasteiger charge is -2.13. The van der Waals surface area contributed by atoms with E-state index in [2.05, 4.69) is 20.9 Å². The number of carbonyl (C=O) groups is 1. The van der Waals surface area contributed by atoms with E-state index in [4.69, 9.17) is 11.6 Å². The summed E-state index contributed by atoms with van der Waals surface area (Å²) >= 11 is 9.29. The molecule has 0 saturated heterocycles. The molecule has 6 heteroatoms. The summed E-state index contributed by atoms with van der Waals surface area (Å²) in [7, 11) is 0. The number of aromatic nitrogens is 2. The second-order valence-electron chi connectivity index (χ2n) is 6.30. The number of benzene rings is 2. The summed E-state index contributed by atoms with van der Waals surface area (Å²) in [6.07, 6.45) is 1.62. The number of fused-ring (bicyclic) bond motifs is 1. The molecule has 28 heavy (non-hydrogen) atoms. The smallest absolute Gasteiger partial charge is 0.200 e. The van der Waals surface area contributed by atoms with Gasteiger partial charge in [0.05, 0.1) is 23.3 Å². The number of rotatable bonds is 4. The fourth-order valence-corrected chi connectivity index (χ4v) is 3.61. The highest BCUT2D eigenvalue weighted by atomic mass is 79.9. The van der Waals surface area contributed by atoms with Crippen LogP contribution in [-0.4, -0.2) is 15.3 Å². The van der Waals surface area contributed by atoms with Crippen molar-refractivity contribution in [1.82, 2.24) is 9.55 Å². The van der Waals surface area contributed by atoms with Crippen LogP contribution in [0.15, 0.2) is 82.3 Å². The van der Waals surface area contributed by atoms with Crippen LogP contribution in [0.5, 0.6) is 0 Å². The van der Waals surface area contributed by atoms with Crippen molar-refractivity contribution >= 4 is 44.2 Å². The molecule has 138 valence electrons. The topological polar surface area (TPSA) is 52.0 Å². The molecule has 2 heterocycles. The molecule has 2 aromatic carbocycles. The first-order valence-corrected chi connectivity index (χ1v) is 9.74. The van der Waals surface area contributed by atoms with Crippen molar-refractivity contribution < 1.29 is 4.79 Å². The number of hydrogen-bond acceptors (Lipinski definition) is 3. The van der Waals surface area contributed by atoms with Crippen LogP contribution < -0.4 is 5.43 Å². The van der Waals surface area contributed by atoms with Gasteiger partial charge in [0, 0.05) is 22.2 Å². The van der Waals surface area contributed by atoms with Crippen LogP contribution in [0.25, 0.3) is 10.9 Å². The molecule has 0 bridgehead atoms. The van der Waals surface area contributed by atoms with Crippen molar-refractivity contribution in [3.8, 4) is 0 Å². The maximum atomic E-state index is 13.0.